The molecule has 0 aliphatic heterocycles. The Kier molecular flexibility index (Phi) is 6.23. The summed E-state index contributed by atoms with van der Waals surface area (Å²) in [5.41, 5.74) is 4.29. The summed E-state index contributed by atoms with van der Waals surface area (Å²) in [4.78, 5) is 28.4. The molecule has 33 heavy (non-hydrogen) atoms. The molecule has 0 aliphatic rings. The van der Waals surface area contributed by atoms with Gasteiger partial charge in [0.2, 0.25) is 5.88 Å². The maximum Gasteiger partial charge on any atom is 0.335 e. The van der Waals surface area contributed by atoms with Crippen molar-refractivity contribution in [2.75, 3.05) is 7.11 Å². The van der Waals surface area contributed by atoms with Crippen LogP contribution in [0, 0.1) is 11.8 Å². The normalized spacial score (nSPS) is 10.5. The number of carboxylic acids is 1. The molecule has 0 saturated carbocycles. The van der Waals surface area contributed by atoms with Crippen LogP contribution < -0.4 is 10.2 Å². The van der Waals surface area contributed by atoms with Crippen molar-refractivity contribution >= 4 is 16.9 Å². The topological polar surface area (TPSA) is 81.4 Å². The summed E-state index contributed by atoms with van der Waals surface area (Å²) >= 11 is 0. The van der Waals surface area contributed by atoms with Gasteiger partial charge in [0, 0.05) is 54.9 Å². The van der Waals surface area contributed by atoms with E-state index in [0.717, 1.165) is 22.2 Å². The number of hydrogen-bond donors (Lipinski definition) is 1. The van der Waals surface area contributed by atoms with Gasteiger partial charge in [0.1, 0.15) is 0 Å². The molecule has 2 aromatic heterocycles. The van der Waals surface area contributed by atoms with Crippen molar-refractivity contribution in [3.05, 3.63) is 105 Å². The van der Waals surface area contributed by atoms with E-state index >= 15 is 0 Å². The number of aryl methyl sites for hydroxylation is 1. The zero-order valence-corrected chi connectivity index (χ0v) is 18.3. The third kappa shape index (κ3) is 4.94. The number of aromatic nitrogens is 2. The molecule has 0 saturated heterocycles. The van der Waals surface area contributed by atoms with Crippen LogP contribution in [-0.2, 0) is 19.9 Å². The standard InChI is InChI=1S/C27H22N2O4/c1-29-17-22(14-20-6-9-21(10-7-20)27(31)32)26(30)23-15-18(8-11-24(23)29)4-3-5-19-12-13-28-25(16-19)33-2/h6-13,15-17H,5,14H2,1-2H3,(H,31,32). The first-order valence-electron chi connectivity index (χ1n) is 10.4. The van der Waals surface area contributed by atoms with E-state index in [9.17, 15) is 9.59 Å². The fraction of sp³-hybridized carbons (Fsp3) is 0.148. The predicted molar refractivity (Wildman–Crippen MR) is 127 cm³/mol. The molecule has 4 aromatic rings. The SMILES string of the molecule is COc1cc(CC#Cc2ccc3c(c2)c(=O)c(Cc2ccc(C(=O)O)cc2)cn3C)ccn1. The molecule has 0 spiro atoms. The Balaban J connectivity index is 1.62. The highest BCUT2D eigenvalue weighted by Crippen LogP contribution is 2.16. The highest BCUT2D eigenvalue weighted by Gasteiger charge is 2.10. The van der Waals surface area contributed by atoms with Gasteiger partial charge in [-0.3, -0.25) is 4.79 Å². The molecule has 4 rings (SSSR count). The molecule has 1 N–H and O–H groups in total. The quantitative estimate of drug-likeness (QED) is 0.479. The Bertz CT molecular complexity index is 1460. The first kappa shape index (κ1) is 21.8. The van der Waals surface area contributed by atoms with Gasteiger partial charge in [0.25, 0.3) is 0 Å². The van der Waals surface area contributed by atoms with Crippen molar-refractivity contribution in [2.24, 2.45) is 7.05 Å². The number of hydrogen-bond acceptors (Lipinski definition) is 4. The number of benzene rings is 2. The first-order valence-corrected chi connectivity index (χ1v) is 10.4. The highest BCUT2D eigenvalue weighted by atomic mass is 16.5. The molecule has 0 amide bonds. The smallest absolute Gasteiger partial charge is 0.335 e. The van der Waals surface area contributed by atoms with Crippen LogP contribution in [0.15, 0.2) is 71.8 Å². The van der Waals surface area contributed by atoms with Crippen LogP contribution >= 0.6 is 0 Å². The Morgan fingerprint density at radius 2 is 1.88 bits per heavy atom. The van der Waals surface area contributed by atoms with E-state index in [0.29, 0.717) is 29.7 Å². The third-order valence-electron chi connectivity index (χ3n) is 5.39. The molecular formula is C27H22N2O4. The number of ether oxygens (including phenoxy) is 1. The van der Waals surface area contributed by atoms with E-state index < -0.39 is 5.97 Å². The summed E-state index contributed by atoms with van der Waals surface area (Å²) < 4.78 is 7.07. The lowest BCUT2D eigenvalue weighted by Crippen LogP contribution is -2.14. The van der Waals surface area contributed by atoms with Crippen molar-refractivity contribution < 1.29 is 14.6 Å². The minimum Gasteiger partial charge on any atom is -0.481 e. The average Bonchev–Trinajstić information content (AvgIpc) is 2.83. The molecule has 0 radical (unpaired) electrons. The van der Waals surface area contributed by atoms with Gasteiger partial charge in [0.15, 0.2) is 5.43 Å². The monoisotopic (exact) mass is 438 g/mol. The molecule has 0 aliphatic carbocycles. The van der Waals surface area contributed by atoms with E-state index in [4.69, 9.17) is 9.84 Å². The van der Waals surface area contributed by atoms with Gasteiger partial charge in [-0.2, -0.15) is 0 Å². The summed E-state index contributed by atoms with van der Waals surface area (Å²) in [5.74, 6) is 5.86. The molecule has 6 nitrogen and oxygen atoms in total. The van der Waals surface area contributed by atoms with Crippen LogP contribution in [0.3, 0.4) is 0 Å². The van der Waals surface area contributed by atoms with E-state index in [1.165, 1.54) is 0 Å². The maximum atomic E-state index is 13.2. The van der Waals surface area contributed by atoms with Crippen LogP contribution in [0.2, 0.25) is 0 Å². The minimum absolute atomic E-state index is 0.0482. The second-order valence-electron chi connectivity index (χ2n) is 7.69. The second kappa shape index (κ2) is 9.41. The van der Waals surface area contributed by atoms with Gasteiger partial charge >= 0.3 is 5.97 Å². The van der Waals surface area contributed by atoms with Crippen LogP contribution in [0.25, 0.3) is 10.9 Å². The number of methoxy groups -OCH3 is 1. The fourth-order valence-electron chi connectivity index (χ4n) is 3.67. The molecule has 0 bridgehead atoms. The highest BCUT2D eigenvalue weighted by molar-refractivity contribution is 5.87. The Morgan fingerprint density at radius 3 is 2.61 bits per heavy atom. The van der Waals surface area contributed by atoms with E-state index in [-0.39, 0.29) is 11.0 Å². The van der Waals surface area contributed by atoms with Gasteiger partial charge < -0.3 is 14.4 Å². The molecule has 0 fully saturated rings. The van der Waals surface area contributed by atoms with E-state index in [2.05, 4.69) is 16.8 Å². The fourth-order valence-corrected chi connectivity index (χ4v) is 3.67. The lowest BCUT2D eigenvalue weighted by atomic mass is 10.0. The Hall–Kier alpha value is -4.37. The van der Waals surface area contributed by atoms with Gasteiger partial charge in [-0.1, -0.05) is 24.0 Å². The Morgan fingerprint density at radius 1 is 1.09 bits per heavy atom. The zero-order valence-electron chi connectivity index (χ0n) is 18.3. The van der Waals surface area contributed by atoms with Gasteiger partial charge in [-0.25, -0.2) is 9.78 Å². The molecule has 6 heteroatoms. The van der Waals surface area contributed by atoms with Gasteiger partial charge in [-0.05, 0) is 47.5 Å². The summed E-state index contributed by atoms with van der Waals surface area (Å²) in [6.45, 7) is 0. The number of fused-ring (bicyclic) bond motifs is 1. The number of aromatic carboxylic acids is 1. The number of rotatable bonds is 5. The van der Waals surface area contributed by atoms with Crippen LogP contribution in [-0.4, -0.2) is 27.7 Å². The molecule has 164 valence electrons. The lowest BCUT2D eigenvalue weighted by Gasteiger charge is -2.10. The number of carboxylic acid groups (broad SMARTS) is 1. The van der Waals surface area contributed by atoms with Crippen molar-refractivity contribution in [1.82, 2.24) is 9.55 Å². The lowest BCUT2D eigenvalue weighted by molar-refractivity contribution is 0.0697. The maximum absolute atomic E-state index is 13.2. The predicted octanol–water partition coefficient (Wildman–Crippen LogP) is 3.83. The number of nitrogens with zero attached hydrogens (tertiary/aromatic N) is 2. The van der Waals surface area contributed by atoms with Gasteiger partial charge in [-0.15, -0.1) is 0 Å². The average molecular weight is 438 g/mol. The number of carbonyl (C=O) groups is 1. The molecule has 2 aromatic carbocycles. The summed E-state index contributed by atoms with van der Waals surface area (Å²) in [5, 5.41) is 9.67. The Labute approximate surface area is 191 Å². The molecule has 0 unspecified atom stereocenters. The minimum atomic E-state index is -0.972. The van der Waals surface area contributed by atoms with Crippen molar-refractivity contribution in [3.8, 4) is 17.7 Å². The van der Waals surface area contributed by atoms with Crippen LogP contribution in [0.4, 0.5) is 0 Å². The van der Waals surface area contributed by atoms with Crippen LogP contribution in [0.5, 0.6) is 5.88 Å². The van der Waals surface area contributed by atoms with E-state index in [1.807, 2.05) is 48.1 Å². The second-order valence-corrected chi connectivity index (χ2v) is 7.69. The third-order valence-corrected chi connectivity index (χ3v) is 5.39. The van der Waals surface area contributed by atoms with Crippen molar-refractivity contribution in [3.63, 3.8) is 0 Å². The van der Waals surface area contributed by atoms with E-state index in [1.54, 1.807) is 37.6 Å². The molecule has 2 heterocycles. The zero-order chi connectivity index (χ0) is 23.4. The van der Waals surface area contributed by atoms with Crippen LogP contribution in [0.1, 0.15) is 32.6 Å². The number of pyridine rings is 2. The summed E-state index contributed by atoms with van der Waals surface area (Å²) in [6, 6.07) is 16.0. The van der Waals surface area contributed by atoms with Gasteiger partial charge in [0.05, 0.1) is 18.2 Å². The summed E-state index contributed by atoms with van der Waals surface area (Å²) in [7, 11) is 3.48. The van der Waals surface area contributed by atoms with Crippen molar-refractivity contribution in [2.45, 2.75) is 12.8 Å². The molecular weight excluding hydrogens is 416 g/mol. The summed E-state index contributed by atoms with van der Waals surface area (Å²) in [6.07, 6.45) is 4.48. The largest absolute Gasteiger partial charge is 0.481 e. The molecule has 0 atom stereocenters. The van der Waals surface area contributed by atoms with Crippen molar-refractivity contribution in [1.29, 1.82) is 0 Å². The first-order chi connectivity index (χ1) is 15.9.